The Morgan fingerprint density at radius 3 is 2.52 bits per heavy atom. The molecule has 0 aliphatic carbocycles. The fourth-order valence-corrected chi connectivity index (χ4v) is 3.12. The maximum absolute atomic E-state index is 12.0. The highest BCUT2D eigenvalue weighted by Gasteiger charge is 2.19. The van der Waals surface area contributed by atoms with Crippen LogP contribution in [0, 0.1) is 0 Å². The number of hydrogen-bond acceptors (Lipinski definition) is 6. The summed E-state index contributed by atoms with van der Waals surface area (Å²) in [7, 11) is -3.70. The lowest BCUT2D eigenvalue weighted by Crippen LogP contribution is -2.32. The molecule has 2 aromatic rings. The lowest BCUT2D eigenvalue weighted by Gasteiger charge is -2.13. The van der Waals surface area contributed by atoms with Crippen molar-refractivity contribution in [1.82, 2.24) is 9.71 Å². The first-order chi connectivity index (χ1) is 12.8. The van der Waals surface area contributed by atoms with Gasteiger partial charge < -0.3 is 10.1 Å². The summed E-state index contributed by atoms with van der Waals surface area (Å²) in [6.45, 7) is 1.25. The van der Waals surface area contributed by atoms with E-state index >= 15 is 0 Å². The standard InChI is InChI=1S/C17H18ClN3O5S/c1-12(17(23)21-15-8-7-13(18)11-19-15)26-16(22)9-10-20-27(24,25)14-5-3-2-4-6-14/h2-8,11-12,20H,9-10H2,1H3,(H,19,21,23)/t12-/m0/s1. The van der Waals surface area contributed by atoms with Crippen LogP contribution in [0.3, 0.4) is 0 Å². The third-order valence-electron chi connectivity index (χ3n) is 3.33. The first kappa shape index (κ1) is 20.8. The molecule has 2 rings (SSSR count). The lowest BCUT2D eigenvalue weighted by molar-refractivity contribution is -0.152. The van der Waals surface area contributed by atoms with Gasteiger partial charge in [0.15, 0.2) is 6.10 Å². The van der Waals surface area contributed by atoms with Crippen molar-refractivity contribution >= 4 is 39.3 Å². The number of aromatic nitrogens is 1. The number of nitrogens with zero attached hydrogens (tertiary/aromatic N) is 1. The topological polar surface area (TPSA) is 114 Å². The summed E-state index contributed by atoms with van der Waals surface area (Å²) in [5.41, 5.74) is 0. The Morgan fingerprint density at radius 2 is 1.89 bits per heavy atom. The SMILES string of the molecule is C[C@H](OC(=O)CCNS(=O)(=O)c1ccccc1)C(=O)Nc1ccc(Cl)cn1. The summed E-state index contributed by atoms with van der Waals surface area (Å²) in [6.07, 6.45) is 0.0796. The second-order valence-corrected chi connectivity index (χ2v) is 7.65. The van der Waals surface area contributed by atoms with Gasteiger partial charge in [-0.3, -0.25) is 9.59 Å². The highest BCUT2D eigenvalue weighted by atomic mass is 35.5. The smallest absolute Gasteiger partial charge is 0.307 e. The molecule has 144 valence electrons. The molecule has 1 atom stereocenters. The van der Waals surface area contributed by atoms with E-state index in [1.165, 1.54) is 31.3 Å². The summed E-state index contributed by atoms with van der Waals surface area (Å²) in [4.78, 5) is 27.8. The zero-order chi connectivity index (χ0) is 19.9. The molecular formula is C17H18ClN3O5S. The minimum absolute atomic E-state index is 0.0987. The highest BCUT2D eigenvalue weighted by Crippen LogP contribution is 2.10. The molecule has 0 saturated heterocycles. The van der Waals surface area contributed by atoms with Gasteiger partial charge in [-0.15, -0.1) is 0 Å². The predicted molar refractivity (Wildman–Crippen MR) is 99.7 cm³/mol. The van der Waals surface area contributed by atoms with E-state index in [4.69, 9.17) is 16.3 Å². The molecule has 0 spiro atoms. The molecular weight excluding hydrogens is 394 g/mol. The Hall–Kier alpha value is -2.49. The molecule has 0 unspecified atom stereocenters. The molecule has 0 aliphatic heterocycles. The van der Waals surface area contributed by atoms with Gasteiger partial charge in [0.25, 0.3) is 5.91 Å². The predicted octanol–water partition coefficient (Wildman–Crippen LogP) is 1.97. The number of pyridine rings is 1. The summed E-state index contributed by atoms with van der Waals surface area (Å²) in [5, 5.41) is 2.90. The Balaban J connectivity index is 1.77. The molecule has 1 aromatic carbocycles. The molecule has 0 fully saturated rings. The Kier molecular flexibility index (Phi) is 7.28. The second-order valence-electron chi connectivity index (χ2n) is 5.44. The van der Waals surface area contributed by atoms with Crippen molar-refractivity contribution in [2.75, 3.05) is 11.9 Å². The van der Waals surface area contributed by atoms with Crippen LogP contribution >= 0.6 is 11.6 Å². The van der Waals surface area contributed by atoms with Crippen molar-refractivity contribution in [3.8, 4) is 0 Å². The zero-order valence-corrected chi connectivity index (χ0v) is 16.0. The van der Waals surface area contributed by atoms with E-state index < -0.39 is 28.0 Å². The fraction of sp³-hybridized carbons (Fsp3) is 0.235. The number of rotatable bonds is 8. The number of hydrogen-bond donors (Lipinski definition) is 2. The van der Waals surface area contributed by atoms with Gasteiger partial charge in [0, 0.05) is 12.7 Å². The van der Waals surface area contributed by atoms with Gasteiger partial charge in [-0.25, -0.2) is 18.1 Å². The van der Waals surface area contributed by atoms with Crippen molar-refractivity contribution in [1.29, 1.82) is 0 Å². The first-order valence-electron chi connectivity index (χ1n) is 7.94. The van der Waals surface area contributed by atoms with Crippen molar-refractivity contribution in [2.45, 2.75) is 24.3 Å². The molecule has 1 aromatic heterocycles. The van der Waals surface area contributed by atoms with Crippen LogP contribution in [0.4, 0.5) is 5.82 Å². The van der Waals surface area contributed by atoms with Crippen molar-refractivity contribution < 1.29 is 22.7 Å². The maximum atomic E-state index is 12.0. The second kappa shape index (κ2) is 9.45. The van der Waals surface area contributed by atoms with Gasteiger partial charge in [0.05, 0.1) is 16.3 Å². The Bertz CT molecular complexity index is 889. The van der Waals surface area contributed by atoms with E-state index in [-0.39, 0.29) is 23.7 Å². The number of sulfonamides is 1. The van der Waals surface area contributed by atoms with E-state index in [1.807, 2.05) is 0 Å². The van der Waals surface area contributed by atoms with E-state index in [2.05, 4.69) is 15.0 Å². The van der Waals surface area contributed by atoms with Crippen LogP contribution in [0.2, 0.25) is 5.02 Å². The number of anilines is 1. The quantitative estimate of drug-likeness (QED) is 0.642. The zero-order valence-electron chi connectivity index (χ0n) is 14.4. The Morgan fingerprint density at radius 1 is 1.19 bits per heavy atom. The van der Waals surface area contributed by atoms with E-state index in [1.54, 1.807) is 24.3 Å². The van der Waals surface area contributed by atoms with Gasteiger partial charge >= 0.3 is 5.97 Å². The Labute approximate surface area is 161 Å². The molecule has 0 aliphatic rings. The number of ether oxygens (including phenoxy) is 1. The largest absolute Gasteiger partial charge is 0.452 e. The average molecular weight is 412 g/mol. The lowest BCUT2D eigenvalue weighted by atomic mass is 10.3. The van der Waals surface area contributed by atoms with Gasteiger partial charge in [-0.1, -0.05) is 29.8 Å². The number of carbonyl (C=O) groups excluding carboxylic acids is 2. The number of amides is 1. The molecule has 0 saturated carbocycles. The third-order valence-corrected chi connectivity index (χ3v) is 5.03. The molecule has 1 heterocycles. The number of benzene rings is 1. The maximum Gasteiger partial charge on any atom is 0.307 e. The summed E-state index contributed by atoms with van der Waals surface area (Å²) < 4.78 is 31.3. The van der Waals surface area contributed by atoms with Crippen LogP contribution in [0.1, 0.15) is 13.3 Å². The van der Waals surface area contributed by atoms with Crippen LogP contribution in [-0.4, -0.2) is 37.9 Å². The molecule has 10 heteroatoms. The van der Waals surface area contributed by atoms with Crippen LogP contribution in [0.25, 0.3) is 0 Å². The first-order valence-corrected chi connectivity index (χ1v) is 9.80. The molecule has 0 radical (unpaired) electrons. The molecule has 27 heavy (non-hydrogen) atoms. The van der Waals surface area contributed by atoms with E-state index in [0.717, 1.165) is 0 Å². The highest BCUT2D eigenvalue weighted by molar-refractivity contribution is 7.89. The molecule has 1 amide bonds. The van der Waals surface area contributed by atoms with Crippen molar-refractivity contribution in [2.24, 2.45) is 0 Å². The number of esters is 1. The van der Waals surface area contributed by atoms with Crippen LogP contribution in [0.15, 0.2) is 53.6 Å². The van der Waals surface area contributed by atoms with Gasteiger partial charge in [0.2, 0.25) is 10.0 Å². The summed E-state index contributed by atoms with van der Waals surface area (Å²) in [5.74, 6) is -1.01. The van der Waals surface area contributed by atoms with E-state index in [0.29, 0.717) is 5.02 Å². The van der Waals surface area contributed by atoms with Crippen molar-refractivity contribution in [3.05, 3.63) is 53.7 Å². The van der Waals surface area contributed by atoms with Gasteiger partial charge in [0.1, 0.15) is 5.82 Å². The molecule has 2 N–H and O–H groups in total. The summed E-state index contributed by atoms with van der Waals surface area (Å²) >= 11 is 5.71. The number of carbonyl (C=O) groups is 2. The van der Waals surface area contributed by atoms with Crippen LogP contribution in [0.5, 0.6) is 0 Å². The van der Waals surface area contributed by atoms with Gasteiger partial charge in [-0.2, -0.15) is 0 Å². The van der Waals surface area contributed by atoms with Crippen molar-refractivity contribution in [3.63, 3.8) is 0 Å². The fourth-order valence-electron chi connectivity index (χ4n) is 1.96. The number of halogens is 1. The normalized spacial score (nSPS) is 12.2. The average Bonchev–Trinajstić information content (AvgIpc) is 2.64. The monoisotopic (exact) mass is 411 g/mol. The van der Waals surface area contributed by atoms with E-state index in [9.17, 15) is 18.0 Å². The minimum Gasteiger partial charge on any atom is -0.452 e. The van der Waals surface area contributed by atoms with Gasteiger partial charge in [-0.05, 0) is 31.2 Å². The third kappa shape index (κ3) is 6.63. The van der Waals surface area contributed by atoms with Crippen LogP contribution in [-0.2, 0) is 24.3 Å². The summed E-state index contributed by atoms with van der Waals surface area (Å²) in [6, 6.07) is 10.8. The molecule has 8 nitrogen and oxygen atoms in total. The number of nitrogens with one attached hydrogen (secondary N) is 2. The minimum atomic E-state index is -3.70. The van der Waals surface area contributed by atoms with Crippen LogP contribution < -0.4 is 10.0 Å². The molecule has 0 bridgehead atoms.